The minimum absolute atomic E-state index is 0.0114. The maximum Gasteiger partial charge on any atom is 0.0596 e. The van der Waals surface area contributed by atoms with Crippen molar-refractivity contribution in [3.8, 4) is 0 Å². The van der Waals surface area contributed by atoms with Crippen LogP contribution in [0, 0.1) is 0 Å². The quantitative estimate of drug-likeness (QED) is 0.818. The van der Waals surface area contributed by atoms with Crippen molar-refractivity contribution in [3.63, 3.8) is 0 Å². The molecule has 2 aromatic carbocycles. The van der Waals surface area contributed by atoms with Gasteiger partial charge in [0.05, 0.1) is 5.54 Å². The molecule has 0 bridgehead atoms. The molecule has 2 heteroatoms. The van der Waals surface area contributed by atoms with Crippen LogP contribution < -0.4 is 0 Å². The molecule has 0 spiro atoms. The molecule has 1 saturated heterocycles. The van der Waals surface area contributed by atoms with Crippen molar-refractivity contribution >= 4 is 16.5 Å². The van der Waals surface area contributed by atoms with Gasteiger partial charge in [0.25, 0.3) is 0 Å². The Morgan fingerprint density at radius 3 is 2.65 bits per heavy atom. The van der Waals surface area contributed by atoms with Crippen LogP contribution in [-0.4, -0.2) is 35.8 Å². The molecule has 4 rings (SSSR count). The third-order valence-electron chi connectivity index (χ3n) is 5.26. The summed E-state index contributed by atoms with van der Waals surface area (Å²) in [7, 11) is 0. The minimum atomic E-state index is 0.0114. The molecule has 1 fully saturated rings. The summed E-state index contributed by atoms with van der Waals surface area (Å²) in [5.74, 6) is 0. The van der Waals surface area contributed by atoms with E-state index in [0.717, 1.165) is 19.4 Å². The summed E-state index contributed by atoms with van der Waals surface area (Å²) in [6.07, 6.45) is 4.84. The Labute approximate surface area is 139 Å². The molecule has 0 radical (unpaired) electrons. The Morgan fingerprint density at radius 1 is 1.04 bits per heavy atom. The summed E-state index contributed by atoms with van der Waals surface area (Å²) in [5, 5.41) is 2.76. The van der Waals surface area contributed by atoms with Gasteiger partial charge in [-0.15, -0.1) is 0 Å². The predicted molar refractivity (Wildman–Crippen MR) is 98.6 cm³/mol. The largest absolute Gasteiger partial charge is 0.303 e. The van der Waals surface area contributed by atoms with E-state index in [1.54, 1.807) is 0 Å². The molecule has 2 aliphatic heterocycles. The fourth-order valence-corrected chi connectivity index (χ4v) is 4.16. The van der Waals surface area contributed by atoms with Crippen LogP contribution in [0.25, 0.3) is 10.8 Å². The van der Waals surface area contributed by atoms with Crippen LogP contribution in [0.3, 0.4) is 0 Å². The van der Waals surface area contributed by atoms with Crippen molar-refractivity contribution in [1.82, 2.24) is 4.90 Å². The van der Waals surface area contributed by atoms with Crippen LogP contribution in [-0.2, 0) is 6.42 Å². The lowest BCUT2D eigenvalue weighted by atomic mass is 9.83. The zero-order valence-electron chi connectivity index (χ0n) is 14.3. The summed E-state index contributed by atoms with van der Waals surface area (Å²) >= 11 is 0. The molecular formula is C21H26N2. The molecule has 2 nitrogen and oxygen atoms in total. The van der Waals surface area contributed by atoms with Crippen LogP contribution in [0.2, 0.25) is 0 Å². The topological polar surface area (TPSA) is 15.6 Å². The van der Waals surface area contributed by atoms with Gasteiger partial charge in [-0.2, -0.15) is 0 Å². The summed E-state index contributed by atoms with van der Waals surface area (Å²) in [6, 6.07) is 13.3. The fourth-order valence-electron chi connectivity index (χ4n) is 4.16. The van der Waals surface area contributed by atoms with Crippen molar-refractivity contribution in [1.29, 1.82) is 0 Å². The van der Waals surface area contributed by atoms with E-state index < -0.39 is 0 Å². The van der Waals surface area contributed by atoms with E-state index in [1.807, 2.05) is 0 Å². The minimum Gasteiger partial charge on any atom is -0.303 e. The van der Waals surface area contributed by atoms with Gasteiger partial charge in [-0.05, 0) is 68.1 Å². The molecule has 0 atom stereocenters. The maximum atomic E-state index is 5.11. The second-order valence-corrected chi connectivity index (χ2v) is 7.66. The fraction of sp³-hybridized carbons (Fsp3) is 0.476. The SMILES string of the molecule is CC1(C)Cc2c(ccc3ccccc23)C(CCN2CCCC2)=N1. The standard InChI is InChI=1S/C21H26N2/c1-21(2)15-19-17-8-4-3-7-16(17)9-10-18(19)20(22-21)11-14-23-12-5-6-13-23/h3-4,7-10H,5-6,11-15H2,1-2H3. The summed E-state index contributed by atoms with van der Waals surface area (Å²) in [4.78, 5) is 7.70. The average molecular weight is 306 g/mol. The normalized spacial score (nSPS) is 20.5. The summed E-state index contributed by atoms with van der Waals surface area (Å²) in [5.41, 5.74) is 4.22. The Bertz CT molecular complexity index is 752. The number of hydrogen-bond acceptors (Lipinski definition) is 2. The lowest BCUT2D eigenvalue weighted by Crippen LogP contribution is -2.31. The molecule has 0 unspecified atom stereocenters. The highest BCUT2D eigenvalue weighted by Gasteiger charge is 2.28. The number of aliphatic imine (C=N–C) groups is 1. The first kappa shape index (κ1) is 14.9. The molecule has 0 amide bonds. The Kier molecular flexibility index (Phi) is 3.73. The van der Waals surface area contributed by atoms with E-state index in [4.69, 9.17) is 4.99 Å². The van der Waals surface area contributed by atoms with E-state index >= 15 is 0 Å². The van der Waals surface area contributed by atoms with Crippen molar-refractivity contribution < 1.29 is 0 Å². The predicted octanol–water partition coefficient (Wildman–Crippen LogP) is 4.45. The van der Waals surface area contributed by atoms with Gasteiger partial charge in [0.2, 0.25) is 0 Å². The molecule has 0 saturated carbocycles. The molecule has 0 aliphatic carbocycles. The lowest BCUT2D eigenvalue weighted by molar-refractivity contribution is 0.349. The maximum absolute atomic E-state index is 5.11. The molecular weight excluding hydrogens is 280 g/mol. The van der Waals surface area contributed by atoms with E-state index in [-0.39, 0.29) is 5.54 Å². The molecule has 23 heavy (non-hydrogen) atoms. The third-order valence-corrected chi connectivity index (χ3v) is 5.26. The highest BCUT2D eigenvalue weighted by molar-refractivity contribution is 6.07. The lowest BCUT2D eigenvalue weighted by Gasteiger charge is -2.31. The molecule has 0 N–H and O–H groups in total. The van der Waals surface area contributed by atoms with Crippen molar-refractivity contribution in [2.24, 2.45) is 4.99 Å². The van der Waals surface area contributed by atoms with Crippen LogP contribution in [0.1, 0.15) is 44.2 Å². The van der Waals surface area contributed by atoms with E-state index in [2.05, 4.69) is 55.1 Å². The second-order valence-electron chi connectivity index (χ2n) is 7.66. The number of benzene rings is 2. The monoisotopic (exact) mass is 306 g/mol. The van der Waals surface area contributed by atoms with E-state index in [0.29, 0.717) is 0 Å². The van der Waals surface area contributed by atoms with Crippen molar-refractivity contribution in [2.75, 3.05) is 19.6 Å². The number of fused-ring (bicyclic) bond motifs is 3. The number of rotatable bonds is 3. The molecule has 120 valence electrons. The summed E-state index contributed by atoms with van der Waals surface area (Å²) in [6.45, 7) is 8.23. The van der Waals surface area contributed by atoms with Crippen molar-refractivity contribution in [2.45, 2.75) is 45.1 Å². The van der Waals surface area contributed by atoms with Crippen LogP contribution in [0.4, 0.5) is 0 Å². The summed E-state index contributed by atoms with van der Waals surface area (Å²) < 4.78 is 0. The van der Waals surface area contributed by atoms with Gasteiger partial charge in [0, 0.05) is 18.7 Å². The Hall–Kier alpha value is -1.67. The van der Waals surface area contributed by atoms with E-state index in [1.165, 1.54) is 53.5 Å². The van der Waals surface area contributed by atoms with Gasteiger partial charge in [0.15, 0.2) is 0 Å². The zero-order chi connectivity index (χ0) is 15.9. The van der Waals surface area contributed by atoms with Gasteiger partial charge in [-0.25, -0.2) is 0 Å². The van der Waals surface area contributed by atoms with Crippen LogP contribution in [0.5, 0.6) is 0 Å². The third kappa shape index (κ3) is 2.92. The van der Waals surface area contributed by atoms with Crippen molar-refractivity contribution in [3.05, 3.63) is 47.5 Å². The molecule has 0 aromatic heterocycles. The first-order chi connectivity index (χ1) is 11.1. The van der Waals surface area contributed by atoms with Gasteiger partial charge >= 0.3 is 0 Å². The smallest absolute Gasteiger partial charge is 0.0596 e. The van der Waals surface area contributed by atoms with Crippen LogP contribution in [0.15, 0.2) is 41.4 Å². The highest BCUT2D eigenvalue weighted by atomic mass is 15.1. The zero-order valence-corrected chi connectivity index (χ0v) is 14.3. The molecule has 2 heterocycles. The first-order valence-corrected chi connectivity index (χ1v) is 8.94. The number of nitrogens with zero attached hydrogens (tertiary/aromatic N) is 2. The highest BCUT2D eigenvalue weighted by Crippen LogP contribution is 2.33. The van der Waals surface area contributed by atoms with Gasteiger partial charge in [-0.1, -0.05) is 36.4 Å². The van der Waals surface area contributed by atoms with Gasteiger partial charge in [0.1, 0.15) is 0 Å². The van der Waals surface area contributed by atoms with Gasteiger partial charge in [-0.3, -0.25) is 4.99 Å². The Morgan fingerprint density at radius 2 is 1.83 bits per heavy atom. The van der Waals surface area contributed by atoms with Gasteiger partial charge < -0.3 is 4.90 Å². The molecule has 2 aromatic rings. The Balaban J connectivity index is 1.71. The molecule has 2 aliphatic rings. The van der Waals surface area contributed by atoms with E-state index in [9.17, 15) is 0 Å². The number of hydrogen-bond donors (Lipinski definition) is 0. The van der Waals surface area contributed by atoms with Crippen LogP contribution >= 0.6 is 0 Å². The first-order valence-electron chi connectivity index (χ1n) is 8.94. The number of likely N-dealkylation sites (tertiary alicyclic amines) is 1. The average Bonchev–Trinajstić information content (AvgIpc) is 3.05. The second kappa shape index (κ2) is 5.76.